The minimum atomic E-state index is -4.10. The van der Waals surface area contributed by atoms with Gasteiger partial charge in [0.25, 0.3) is 10.0 Å². The highest BCUT2D eigenvalue weighted by molar-refractivity contribution is 7.92. The van der Waals surface area contributed by atoms with E-state index in [0.717, 1.165) is 4.57 Å². The van der Waals surface area contributed by atoms with Gasteiger partial charge in [-0.25, -0.2) is 13.2 Å². The molecule has 10 nitrogen and oxygen atoms in total. The van der Waals surface area contributed by atoms with E-state index in [4.69, 9.17) is 30.2 Å². The Morgan fingerprint density at radius 3 is 2.53 bits per heavy atom. The van der Waals surface area contributed by atoms with Crippen LogP contribution in [0.15, 0.2) is 44.4 Å². The number of benzene rings is 2. The van der Waals surface area contributed by atoms with E-state index in [1.807, 2.05) is 6.92 Å². The van der Waals surface area contributed by atoms with E-state index in [-0.39, 0.29) is 45.6 Å². The van der Waals surface area contributed by atoms with Gasteiger partial charge in [0.2, 0.25) is 0 Å². The summed E-state index contributed by atoms with van der Waals surface area (Å²) in [5.74, 6) is -0.898. The Morgan fingerprint density at radius 2 is 1.88 bits per heavy atom. The Labute approximate surface area is 188 Å². The van der Waals surface area contributed by atoms with Gasteiger partial charge in [0.15, 0.2) is 5.58 Å². The minimum Gasteiger partial charge on any atom is -0.495 e. The number of oxazole rings is 1. The van der Waals surface area contributed by atoms with Crippen molar-refractivity contribution < 1.29 is 31.8 Å². The maximum Gasteiger partial charge on any atom is 0.420 e. The summed E-state index contributed by atoms with van der Waals surface area (Å²) in [4.78, 5) is 23.9. The van der Waals surface area contributed by atoms with Gasteiger partial charge in [-0.3, -0.25) is 14.1 Å². The maximum absolute atomic E-state index is 12.9. The van der Waals surface area contributed by atoms with Crippen molar-refractivity contribution >= 4 is 44.4 Å². The van der Waals surface area contributed by atoms with Gasteiger partial charge >= 0.3 is 11.7 Å². The van der Waals surface area contributed by atoms with Gasteiger partial charge in [0.05, 0.1) is 41.9 Å². The molecule has 0 fully saturated rings. The molecule has 0 spiro atoms. The molecule has 0 aliphatic rings. The smallest absolute Gasteiger partial charge is 0.420 e. The molecule has 0 aliphatic carbocycles. The summed E-state index contributed by atoms with van der Waals surface area (Å²) >= 11 is 6.10. The van der Waals surface area contributed by atoms with Crippen LogP contribution in [0.1, 0.15) is 13.3 Å². The van der Waals surface area contributed by atoms with Gasteiger partial charge in [0.1, 0.15) is 18.0 Å². The molecule has 0 amide bonds. The van der Waals surface area contributed by atoms with Gasteiger partial charge in [-0.2, -0.15) is 0 Å². The first kappa shape index (κ1) is 23.5. The first-order chi connectivity index (χ1) is 15.2. The molecule has 1 heterocycles. The number of fused-ring (bicyclic) bond motifs is 1. The normalized spacial score (nSPS) is 11.4. The molecule has 1 aromatic heterocycles. The molecule has 0 atom stereocenters. The number of rotatable bonds is 9. The third-order valence-corrected chi connectivity index (χ3v) is 6.08. The van der Waals surface area contributed by atoms with E-state index in [0.29, 0.717) is 12.2 Å². The van der Waals surface area contributed by atoms with Crippen molar-refractivity contribution in [1.29, 1.82) is 0 Å². The fraction of sp³-hybridized carbons (Fsp3) is 0.300. The number of aromatic nitrogens is 1. The summed E-state index contributed by atoms with van der Waals surface area (Å²) < 4.78 is 49.7. The van der Waals surface area contributed by atoms with Crippen molar-refractivity contribution in [1.82, 2.24) is 4.57 Å². The van der Waals surface area contributed by atoms with E-state index >= 15 is 0 Å². The number of anilines is 1. The molecule has 0 aliphatic heterocycles. The predicted molar refractivity (Wildman–Crippen MR) is 117 cm³/mol. The first-order valence-corrected chi connectivity index (χ1v) is 11.3. The van der Waals surface area contributed by atoms with Crippen molar-refractivity contribution in [2.45, 2.75) is 24.8 Å². The molecule has 3 aromatic rings. The third-order valence-electron chi connectivity index (χ3n) is 4.42. The number of sulfonamides is 1. The highest BCUT2D eigenvalue weighted by atomic mass is 35.5. The lowest BCUT2D eigenvalue weighted by Gasteiger charge is -2.14. The lowest BCUT2D eigenvalue weighted by molar-refractivity contribution is -0.144. The number of ether oxygens (including phenoxy) is 3. The quantitative estimate of drug-likeness (QED) is 0.459. The Hall–Kier alpha value is -3.18. The Balaban J connectivity index is 1.93. The molecule has 3 rings (SSSR count). The number of halogens is 1. The number of carbonyl (C=O) groups is 1. The van der Waals surface area contributed by atoms with Crippen molar-refractivity contribution in [3.63, 3.8) is 0 Å². The van der Waals surface area contributed by atoms with Crippen molar-refractivity contribution in [3.05, 3.63) is 45.9 Å². The number of methoxy groups -OCH3 is 2. The Kier molecular flexibility index (Phi) is 6.99. The van der Waals surface area contributed by atoms with E-state index in [2.05, 4.69) is 4.72 Å². The minimum absolute atomic E-state index is 0.000829. The SMILES string of the molecule is CCCOC(=O)Cn1c(=O)oc2cc(S(=O)(=O)Nc3cc(Cl)c(OC)cc3OC)ccc21. The van der Waals surface area contributed by atoms with E-state index in [1.165, 1.54) is 44.6 Å². The molecule has 12 heteroatoms. The van der Waals surface area contributed by atoms with Crippen LogP contribution in [0.25, 0.3) is 11.1 Å². The van der Waals surface area contributed by atoms with Gasteiger partial charge in [-0.15, -0.1) is 0 Å². The largest absolute Gasteiger partial charge is 0.495 e. The predicted octanol–water partition coefficient (Wildman–Crippen LogP) is 3.02. The van der Waals surface area contributed by atoms with Crippen LogP contribution in [0.2, 0.25) is 5.02 Å². The van der Waals surface area contributed by atoms with Crippen LogP contribution < -0.4 is 20.0 Å². The molecule has 2 aromatic carbocycles. The second-order valence-corrected chi connectivity index (χ2v) is 8.69. The fourth-order valence-electron chi connectivity index (χ4n) is 2.90. The Bertz CT molecular complexity index is 1310. The van der Waals surface area contributed by atoms with Crippen LogP contribution in [0.5, 0.6) is 11.5 Å². The van der Waals surface area contributed by atoms with E-state index < -0.39 is 21.7 Å². The summed E-state index contributed by atoms with van der Waals surface area (Å²) in [5.41, 5.74) is 0.351. The number of nitrogens with zero attached hydrogens (tertiary/aromatic N) is 1. The van der Waals surface area contributed by atoms with Gasteiger partial charge in [-0.1, -0.05) is 18.5 Å². The maximum atomic E-state index is 12.9. The molecule has 0 bridgehead atoms. The van der Waals surface area contributed by atoms with Crippen LogP contribution in [-0.4, -0.2) is 39.8 Å². The molecule has 0 saturated heterocycles. The number of hydrogen-bond donors (Lipinski definition) is 1. The summed E-state index contributed by atoms with van der Waals surface area (Å²) in [5, 5.41) is 0.180. The number of hydrogen-bond acceptors (Lipinski definition) is 8. The van der Waals surface area contributed by atoms with Crippen LogP contribution in [0.3, 0.4) is 0 Å². The van der Waals surface area contributed by atoms with Gasteiger partial charge < -0.3 is 18.6 Å². The summed E-state index contributed by atoms with van der Waals surface area (Å²) in [6.45, 7) is 1.73. The summed E-state index contributed by atoms with van der Waals surface area (Å²) in [6, 6.07) is 6.64. The lowest BCUT2D eigenvalue weighted by atomic mass is 10.3. The van der Waals surface area contributed by atoms with Crippen molar-refractivity contribution in [2.75, 3.05) is 25.5 Å². The van der Waals surface area contributed by atoms with Crippen LogP contribution >= 0.6 is 11.6 Å². The highest BCUT2D eigenvalue weighted by Gasteiger charge is 2.21. The molecular weight excluding hydrogens is 464 g/mol. The molecule has 0 radical (unpaired) electrons. The Morgan fingerprint density at radius 1 is 1.16 bits per heavy atom. The van der Waals surface area contributed by atoms with Gasteiger partial charge in [-0.05, 0) is 24.6 Å². The van der Waals surface area contributed by atoms with Crippen LogP contribution in [-0.2, 0) is 26.1 Å². The number of carbonyl (C=O) groups excluding carboxylic acids is 1. The monoisotopic (exact) mass is 484 g/mol. The number of nitrogens with one attached hydrogen (secondary N) is 1. The molecule has 0 saturated carbocycles. The van der Waals surface area contributed by atoms with Crippen molar-refractivity contribution in [3.8, 4) is 11.5 Å². The standard InChI is InChI=1S/C20H21ClN2O8S/c1-4-7-30-19(24)11-23-15-6-5-12(8-18(15)31-20(23)25)32(26,27)22-14-9-13(21)16(28-2)10-17(14)29-3/h5-6,8-10,22H,4,7,11H2,1-3H3. The zero-order valence-corrected chi connectivity index (χ0v) is 19.1. The second-order valence-electron chi connectivity index (χ2n) is 6.60. The molecule has 1 N–H and O–H groups in total. The summed E-state index contributed by atoms with van der Waals surface area (Å²) in [6.07, 6.45) is 0.644. The zero-order chi connectivity index (χ0) is 23.5. The molecular formula is C20H21ClN2O8S. The molecule has 32 heavy (non-hydrogen) atoms. The van der Waals surface area contributed by atoms with Gasteiger partial charge in [0, 0.05) is 12.1 Å². The second kappa shape index (κ2) is 9.53. The third kappa shape index (κ3) is 4.83. The molecule has 172 valence electrons. The first-order valence-electron chi connectivity index (χ1n) is 9.43. The van der Waals surface area contributed by atoms with E-state index in [9.17, 15) is 18.0 Å². The average Bonchev–Trinajstić information content (AvgIpc) is 3.06. The zero-order valence-electron chi connectivity index (χ0n) is 17.5. The number of esters is 1. The molecule has 0 unspecified atom stereocenters. The van der Waals surface area contributed by atoms with Crippen LogP contribution in [0.4, 0.5) is 5.69 Å². The van der Waals surface area contributed by atoms with E-state index in [1.54, 1.807) is 0 Å². The topological polar surface area (TPSA) is 126 Å². The van der Waals surface area contributed by atoms with Crippen LogP contribution in [0, 0.1) is 0 Å². The fourth-order valence-corrected chi connectivity index (χ4v) is 4.21. The summed E-state index contributed by atoms with van der Waals surface area (Å²) in [7, 11) is -1.31. The highest BCUT2D eigenvalue weighted by Crippen LogP contribution is 2.37. The average molecular weight is 485 g/mol. The lowest BCUT2D eigenvalue weighted by Crippen LogP contribution is -2.21. The van der Waals surface area contributed by atoms with Crippen molar-refractivity contribution in [2.24, 2.45) is 0 Å².